The van der Waals surface area contributed by atoms with E-state index < -0.39 is 0 Å². The molecule has 0 saturated heterocycles. The number of amides is 1. The Morgan fingerprint density at radius 1 is 1.09 bits per heavy atom. The van der Waals surface area contributed by atoms with Gasteiger partial charge < -0.3 is 0 Å². The van der Waals surface area contributed by atoms with Crippen LogP contribution >= 0.6 is 22.9 Å². The summed E-state index contributed by atoms with van der Waals surface area (Å²) in [5, 5.41) is 5.72. The Morgan fingerprint density at radius 2 is 1.87 bits per heavy atom. The zero-order valence-electron chi connectivity index (χ0n) is 12.2. The van der Waals surface area contributed by atoms with Gasteiger partial charge >= 0.3 is 0 Å². The highest BCUT2D eigenvalue weighted by molar-refractivity contribution is 7.21. The molecular weight excluding hydrogens is 328 g/mol. The van der Waals surface area contributed by atoms with E-state index in [0.717, 1.165) is 34.2 Å². The lowest BCUT2D eigenvalue weighted by Gasteiger charge is -2.01. The molecule has 0 fully saturated rings. The van der Waals surface area contributed by atoms with Crippen LogP contribution in [0.1, 0.15) is 27.2 Å². The molecule has 0 atom stereocenters. The molecule has 1 amide bonds. The fraction of sp³-hybridized carbons (Fsp3) is 0.111. The number of hydrogen-bond acceptors (Lipinski definition) is 3. The van der Waals surface area contributed by atoms with Crippen molar-refractivity contribution in [3.63, 3.8) is 0 Å². The molecule has 3 aromatic rings. The minimum Gasteiger partial charge on any atom is -0.266 e. The number of fused-ring (bicyclic) bond motifs is 2. The lowest BCUT2D eigenvalue weighted by atomic mass is 10.1. The summed E-state index contributed by atoms with van der Waals surface area (Å²) in [4.78, 5) is 12.9. The molecular formula is C18H13ClN2OS. The zero-order valence-corrected chi connectivity index (χ0v) is 13.7. The van der Waals surface area contributed by atoms with E-state index in [9.17, 15) is 4.79 Å². The van der Waals surface area contributed by atoms with E-state index in [1.165, 1.54) is 16.9 Å². The maximum atomic E-state index is 12.4. The maximum Gasteiger partial charge on any atom is 0.283 e. The quantitative estimate of drug-likeness (QED) is 0.679. The van der Waals surface area contributed by atoms with Crippen LogP contribution in [0.3, 0.4) is 0 Å². The highest BCUT2D eigenvalue weighted by atomic mass is 35.5. The summed E-state index contributed by atoms with van der Waals surface area (Å²) in [5.74, 6) is -0.256. The third kappa shape index (κ3) is 2.54. The largest absolute Gasteiger partial charge is 0.283 e. The first-order chi connectivity index (χ1) is 11.2. The number of nitrogens with one attached hydrogen (secondary N) is 1. The van der Waals surface area contributed by atoms with E-state index in [1.807, 2.05) is 42.5 Å². The van der Waals surface area contributed by atoms with Crippen molar-refractivity contribution in [3.05, 3.63) is 69.6 Å². The van der Waals surface area contributed by atoms with Crippen LogP contribution in [-0.2, 0) is 6.42 Å². The van der Waals surface area contributed by atoms with Crippen LogP contribution in [0, 0.1) is 0 Å². The minimum absolute atomic E-state index is 0.256. The summed E-state index contributed by atoms with van der Waals surface area (Å²) >= 11 is 7.72. The van der Waals surface area contributed by atoms with Crippen LogP contribution in [0.5, 0.6) is 0 Å². The molecule has 1 heterocycles. The van der Waals surface area contributed by atoms with Gasteiger partial charge in [-0.05, 0) is 24.5 Å². The summed E-state index contributed by atoms with van der Waals surface area (Å²) < 4.78 is 1.00. The number of nitrogens with zero attached hydrogens (tertiary/aromatic N) is 1. The van der Waals surface area contributed by atoms with Crippen LogP contribution in [0.25, 0.3) is 10.1 Å². The molecule has 0 spiro atoms. The molecule has 1 aromatic heterocycles. The average Bonchev–Trinajstić information content (AvgIpc) is 3.15. The Hall–Kier alpha value is -2.17. The van der Waals surface area contributed by atoms with Crippen molar-refractivity contribution < 1.29 is 4.79 Å². The third-order valence-corrected chi connectivity index (χ3v) is 5.67. The molecule has 5 heteroatoms. The van der Waals surface area contributed by atoms with Crippen molar-refractivity contribution in [2.45, 2.75) is 12.8 Å². The molecule has 2 aromatic carbocycles. The molecule has 0 radical (unpaired) electrons. The molecule has 0 aliphatic heterocycles. The molecule has 0 saturated carbocycles. The fourth-order valence-electron chi connectivity index (χ4n) is 2.85. The van der Waals surface area contributed by atoms with Gasteiger partial charge in [-0.15, -0.1) is 11.3 Å². The second-order valence-electron chi connectivity index (χ2n) is 5.40. The lowest BCUT2D eigenvalue weighted by Crippen LogP contribution is -2.18. The van der Waals surface area contributed by atoms with Crippen LogP contribution < -0.4 is 5.43 Å². The van der Waals surface area contributed by atoms with Crippen LogP contribution in [0.2, 0.25) is 5.02 Å². The molecule has 1 N–H and O–H groups in total. The summed E-state index contributed by atoms with van der Waals surface area (Å²) in [6, 6.07) is 15.9. The number of carbonyl (C=O) groups excluding carboxylic acids is 1. The Kier molecular flexibility index (Phi) is 3.63. The number of halogens is 1. The highest BCUT2D eigenvalue weighted by Gasteiger charge is 2.19. The molecule has 23 heavy (non-hydrogen) atoms. The van der Waals surface area contributed by atoms with Crippen molar-refractivity contribution >= 4 is 44.6 Å². The van der Waals surface area contributed by atoms with Gasteiger partial charge in [-0.2, -0.15) is 5.10 Å². The predicted molar refractivity (Wildman–Crippen MR) is 95.6 cm³/mol. The summed E-state index contributed by atoms with van der Waals surface area (Å²) in [6.45, 7) is 0. The first-order valence-corrected chi connectivity index (χ1v) is 8.55. The van der Waals surface area contributed by atoms with Crippen molar-refractivity contribution in [1.82, 2.24) is 5.43 Å². The smallest absolute Gasteiger partial charge is 0.266 e. The number of aryl methyl sites for hydroxylation is 1. The average molecular weight is 341 g/mol. The van der Waals surface area contributed by atoms with Gasteiger partial charge in [0.05, 0.1) is 10.7 Å². The maximum absolute atomic E-state index is 12.4. The van der Waals surface area contributed by atoms with Crippen LogP contribution in [0.15, 0.2) is 53.6 Å². The standard InChI is InChI=1S/C18H13ClN2OS/c19-16-13-7-3-4-8-15(13)23-17(16)18(22)21-20-14-10-9-11-5-1-2-6-12(11)14/h1-8H,9-10H2,(H,21,22). The highest BCUT2D eigenvalue weighted by Crippen LogP contribution is 2.35. The van der Waals surface area contributed by atoms with Gasteiger partial charge in [0.25, 0.3) is 5.91 Å². The molecule has 0 unspecified atom stereocenters. The van der Waals surface area contributed by atoms with Crippen LogP contribution in [0.4, 0.5) is 0 Å². The van der Waals surface area contributed by atoms with Crippen molar-refractivity contribution in [1.29, 1.82) is 0 Å². The second kappa shape index (κ2) is 5.80. The topological polar surface area (TPSA) is 41.5 Å². The van der Waals surface area contributed by atoms with Crippen LogP contribution in [-0.4, -0.2) is 11.6 Å². The Balaban J connectivity index is 1.61. The second-order valence-corrected chi connectivity index (χ2v) is 6.83. The lowest BCUT2D eigenvalue weighted by molar-refractivity contribution is 0.0959. The Labute approximate surface area is 142 Å². The molecule has 114 valence electrons. The van der Waals surface area contributed by atoms with E-state index in [4.69, 9.17) is 11.6 Å². The van der Waals surface area contributed by atoms with E-state index in [2.05, 4.69) is 16.6 Å². The molecule has 4 rings (SSSR count). The predicted octanol–water partition coefficient (Wildman–Crippen LogP) is 4.64. The van der Waals surface area contributed by atoms with E-state index in [0.29, 0.717) is 9.90 Å². The van der Waals surface area contributed by atoms with E-state index in [-0.39, 0.29) is 5.91 Å². The first kappa shape index (κ1) is 14.4. The number of rotatable bonds is 2. The SMILES string of the molecule is O=C(NN=C1CCc2ccccc21)c1sc2ccccc2c1Cl. The molecule has 0 bridgehead atoms. The summed E-state index contributed by atoms with van der Waals surface area (Å²) in [7, 11) is 0. The van der Waals surface area contributed by atoms with Gasteiger partial charge in [-0.3, -0.25) is 4.79 Å². The van der Waals surface area contributed by atoms with Crippen molar-refractivity contribution in [2.75, 3.05) is 0 Å². The molecule has 1 aliphatic carbocycles. The summed E-state index contributed by atoms with van der Waals surface area (Å²) in [6.07, 6.45) is 1.81. The third-order valence-electron chi connectivity index (χ3n) is 3.99. The van der Waals surface area contributed by atoms with Gasteiger partial charge in [-0.1, -0.05) is 54.1 Å². The number of hydrogen-bond donors (Lipinski definition) is 1. The minimum atomic E-state index is -0.256. The van der Waals surface area contributed by atoms with Gasteiger partial charge in [-0.25, -0.2) is 5.43 Å². The van der Waals surface area contributed by atoms with Gasteiger partial charge in [0.2, 0.25) is 0 Å². The number of benzene rings is 2. The monoisotopic (exact) mass is 340 g/mol. The molecule has 1 aliphatic rings. The summed E-state index contributed by atoms with van der Waals surface area (Å²) in [5.41, 5.74) is 5.98. The van der Waals surface area contributed by atoms with Gasteiger partial charge in [0.15, 0.2) is 0 Å². The zero-order chi connectivity index (χ0) is 15.8. The fourth-order valence-corrected chi connectivity index (χ4v) is 4.26. The molecule has 3 nitrogen and oxygen atoms in total. The Morgan fingerprint density at radius 3 is 2.74 bits per heavy atom. The van der Waals surface area contributed by atoms with Gasteiger partial charge in [0.1, 0.15) is 4.88 Å². The van der Waals surface area contributed by atoms with Gasteiger partial charge in [0, 0.05) is 15.6 Å². The van der Waals surface area contributed by atoms with Crippen molar-refractivity contribution in [2.24, 2.45) is 5.10 Å². The van der Waals surface area contributed by atoms with Crippen molar-refractivity contribution in [3.8, 4) is 0 Å². The first-order valence-electron chi connectivity index (χ1n) is 7.36. The number of hydrazone groups is 1. The van der Waals surface area contributed by atoms with E-state index >= 15 is 0 Å². The van der Waals surface area contributed by atoms with E-state index in [1.54, 1.807) is 0 Å². The number of carbonyl (C=O) groups is 1. The normalized spacial score (nSPS) is 15.1. The number of thiophene rings is 1. The Bertz CT molecular complexity index is 945.